The van der Waals surface area contributed by atoms with Gasteiger partial charge in [0, 0.05) is 37.8 Å². The molecule has 3 heterocycles. The van der Waals surface area contributed by atoms with Gasteiger partial charge in [-0.3, -0.25) is 4.79 Å². The molecule has 1 unspecified atom stereocenters. The SMILES string of the molecule is O=C(O)N1CCC(COc2ccc(C3=CCC(C(=O)N4CC[C@@H](F)C4)CC3)cn2)CC1. The highest BCUT2D eigenvalue weighted by Crippen LogP contribution is 2.32. The molecule has 168 valence electrons. The van der Waals surface area contributed by atoms with Gasteiger partial charge in [0.15, 0.2) is 0 Å². The van der Waals surface area contributed by atoms with Crippen LogP contribution in [-0.2, 0) is 4.79 Å². The number of rotatable bonds is 5. The number of piperidine rings is 1. The quantitative estimate of drug-likeness (QED) is 0.770. The molecular weight excluding hydrogens is 401 g/mol. The Labute approximate surface area is 181 Å². The Bertz CT molecular complexity index is 821. The summed E-state index contributed by atoms with van der Waals surface area (Å²) >= 11 is 0. The number of likely N-dealkylation sites (tertiary alicyclic amines) is 2. The Morgan fingerprint density at radius 1 is 1.13 bits per heavy atom. The number of aromatic nitrogens is 1. The summed E-state index contributed by atoms with van der Waals surface area (Å²) in [5.74, 6) is 0.961. The van der Waals surface area contributed by atoms with Crippen LogP contribution in [0.1, 0.15) is 44.1 Å². The fourth-order valence-electron chi connectivity index (χ4n) is 4.65. The van der Waals surface area contributed by atoms with Crippen molar-refractivity contribution in [2.75, 3.05) is 32.8 Å². The van der Waals surface area contributed by atoms with Crippen LogP contribution in [0.5, 0.6) is 5.88 Å². The molecule has 0 saturated carbocycles. The van der Waals surface area contributed by atoms with Crippen molar-refractivity contribution >= 4 is 17.6 Å². The van der Waals surface area contributed by atoms with E-state index in [4.69, 9.17) is 9.84 Å². The summed E-state index contributed by atoms with van der Waals surface area (Å²) in [4.78, 5) is 31.1. The average Bonchev–Trinajstić information content (AvgIpc) is 3.24. The van der Waals surface area contributed by atoms with Gasteiger partial charge in [-0.05, 0) is 61.6 Å². The van der Waals surface area contributed by atoms with Crippen molar-refractivity contribution in [3.8, 4) is 5.88 Å². The van der Waals surface area contributed by atoms with Crippen molar-refractivity contribution in [2.24, 2.45) is 11.8 Å². The summed E-state index contributed by atoms with van der Waals surface area (Å²) in [6.45, 7) is 2.44. The second-order valence-electron chi connectivity index (χ2n) is 8.78. The molecule has 7 nitrogen and oxygen atoms in total. The zero-order valence-electron chi connectivity index (χ0n) is 17.7. The van der Waals surface area contributed by atoms with Crippen LogP contribution < -0.4 is 4.74 Å². The molecule has 1 aromatic heterocycles. The second kappa shape index (κ2) is 9.66. The van der Waals surface area contributed by atoms with Crippen LogP contribution in [0.4, 0.5) is 9.18 Å². The van der Waals surface area contributed by atoms with Gasteiger partial charge in [0.2, 0.25) is 11.8 Å². The van der Waals surface area contributed by atoms with Crippen LogP contribution in [0, 0.1) is 11.8 Å². The number of amides is 2. The van der Waals surface area contributed by atoms with Crippen LogP contribution in [0.15, 0.2) is 24.4 Å². The Hall–Kier alpha value is -2.64. The lowest BCUT2D eigenvalue weighted by Gasteiger charge is -2.29. The van der Waals surface area contributed by atoms with Gasteiger partial charge in [-0.1, -0.05) is 6.08 Å². The number of hydrogen-bond acceptors (Lipinski definition) is 4. The third-order valence-electron chi connectivity index (χ3n) is 6.66. The van der Waals surface area contributed by atoms with Crippen LogP contribution >= 0.6 is 0 Å². The number of allylic oxidation sites excluding steroid dienone is 2. The Kier molecular flexibility index (Phi) is 6.73. The fourth-order valence-corrected chi connectivity index (χ4v) is 4.65. The van der Waals surface area contributed by atoms with Crippen molar-refractivity contribution in [3.05, 3.63) is 30.0 Å². The fraction of sp³-hybridized carbons (Fsp3) is 0.609. The summed E-state index contributed by atoms with van der Waals surface area (Å²) in [5, 5.41) is 9.01. The smallest absolute Gasteiger partial charge is 0.407 e. The lowest BCUT2D eigenvalue weighted by Crippen LogP contribution is -2.38. The zero-order valence-corrected chi connectivity index (χ0v) is 17.7. The first-order valence-electron chi connectivity index (χ1n) is 11.2. The second-order valence-corrected chi connectivity index (χ2v) is 8.78. The number of carbonyl (C=O) groups is 2. The standard InChI is InChI=1S/C23H30FN3O4/c24-20-9-12-27(14-20)22(28)18-3-1-17(2-4-18)19-5-6-21(25-13-19)31-15-16-7-10-26(11-8-16)23(29)30/h1,5-6,13,16,18,20H,2-4,7-12,14-15H2,(H,29,30)/t18?,20-/m1/s1. The maximum absolute atomic E-state index is 13.4. The highest BCUT2D eigenvalue weighted by molar-refractivity contribution is 5.81. The van der Waals surface area contributed by atoms with Crippen molar-refractivity contribution in [1.82, 2.24) is 14.8 Å². The normalized spacial score (nSPS) is 24.7. The number of hydrogen-bond donors (Lipinski definition) is 1. The van der Waals surface area contributed by atoms with E-state index in [9.17, 15) is 14.0 Å². The maximum atomic E-state index is 13.4. The van der Waals surface area contributed by atoms with Crippen LogP contribution in [0.2, 0.25) is 0 Å². The van der Waals surface area contributed by atoms with Gasteiger partial charge in [0.05, 0.1) is 13.2 Å². The number of nitrogens with zero attached hydrogens (tertiary/aromatic N) is 3. The van der Waals surface area contributed by atoms with E-state index < -0.39 is 12.3 Å². The van der Waals surface area contributed by atoms with Gasteiger partial charge in [-0.15, -0.1) is 0 Å². The monoisotopic (exact) mass is 431 g/mol. The molecule has 2 amide bonds. The largest absolute Gasteiger partial charge is 0.477 e. The van der Waals surface area contributed by atoms with Crippen molar-refractivity contribution in [1.29, 1.82) is 0 Å². The Balaban J connectivity index is 1.24. The van der Waals surface area contributed by atoms with Gasteiger partial charge < -0.3 is 19.6 Å². The summed E-state index contributed by atoms with van der Waals surface area (Å²) in [6.07, 6.45) is 6.56. The zero-order chi connectivity index (χ0) is 21.8. The molecule has 8 heteroatoms. The van der Waals surface area contributed by atoms with E-state index in [0.717, 1.165) is 31.2 Å². The molecule has 1 N–H and O–H groups in total. The minimum Gasteiger partial charge on any atom is -0.477 e. The van der Waals surface area contributed by atoms with E-state index in [2.05, 4.69) is 11.1 Å². The molecule has 1 aromatic rings. The van der Waals surface area contributed by atoms with E-state index in [1.54, 1.807) is 4.90 Å². The first kappa shape index (κ1) is 21.6. The van der Waals surface area contributed by atoms with E-state index in [-0.39, 0.29) is 18.4 Å². The Morgan fingerprint density at radius 3 is 2.48 bits per heavy atom. The predicted octanol–water partition coefficient (Wildman–Crippen LogP) is 3.60. The van der Waals surface area contributed by atoms with Crippen LogP contribution in [0.25, 0.3) is 5.57 Å². The molecule has 0 aromatic carbocycles. The first-order chi connectivity index (χ1) is 15.0. The third-order valence-corrected chi connectivity index (χ3v) is 6.66. The number of halogens is 1. The molecule has 2 aliphatic heterocycles. The summed E-state index contributed by atoms with van der Waals surface area (Å²) in [7, 11) is 0. The number of ether oxygens (including phenoxy) is 1. The van der Waals surface area contributed by atoms with E-state index >= 15 is 0 Å². The van der Waals surface area contributed by atoms with Gasteiger partial charge >= 0.3 is 6.09 Å². The number of carbonyl (C=O) groups excluding carboxylic acids is 1. The first-order valence-corrected chi connectivity index (χ1v) is 11.2. The summed E-state index contributed by atoms with van der Waals surface area (Å²) in [5.41, 5.74) is 2.23. The topological polar surface area (TPSA) is 83.0 Å². The van der Waals surface area contributed by atoms with Gasteiger partial charge in [-0.2, -0.15) is 0 Å². The number of alkyl halides is 1. The number of carboxylic acid groups (broad SMARTS) is 1. The molecule has 3 aliphatic rings. The molecule has 0 radical (unpaired) electrons. The van der Waals surface area contributed by atoms with Gasteiger partial charge in [-0.25, -0.2) is 14.2 Å². The van der Waals surface area contributed by atoms with E-state index in [1.807, 2.05) is 18.3 Å². The summed E-state index contributed by atoms with van der Waals surface area (Å²) < 4.78 is 19.2. The van der Waals surface area contributed by atoms with Crippen molar-refractivity contribution < 1.29 is 23.8 Å². The highest BCUT2D eigenvalue weighted by Gasteiger charge is 2.31. The molecule has 31 heavy (non-hydrogen) atoms. The van der Waals surface area contributed by atoms with Gasteiger partial charge in [0.1, 0.15) is 6.17 Å². The molecule has 1 aliphatic carbocycles. The maximum Gasteiger partial charge on any atom is 0.407 e. The van der Waals surface area contributed by atoms with Crippen molar-refractivity contribution in [2.45, 2.75) is 44.7 Å². The molecule has 0 spiro atoms. The molecule has 4 rings (SSSR count). The molecular formula is C23H30FN3O4. The Morgan fingerprint density at radius 2 is 1.90 bits per heavy atom. The summed E-state index contributed by atoms with van der Waals surface area (Å²) in [6, 6.07) is 3.86. The van der Waals surface area contributed by atoms with Gasteiger partial charge in [0.25, 0.3) is 0 Å². The molecule has 2 fully saturated rings. The van der Waals surface area contributed by atoms with Crippen LogP contribution in [0.3, 0.4) is 0 Å². The van der Waals surface area contributed by atoms with E-state index in [0.29, 0.717) is 50.9 Å². The minimum atomic E-state index is -0.872. The lowest BCUT2D eigenvalue weighted by atomic mass is 9.86. The van der Waals surface area contributed by atoms with E-state index in [1.165, 1.54) is 10.5 Å². The molecule has 2 atom stereocenters. The predicted molar refractivity (Wildman–Crippen MR) is 113 cm³/mol. The molecule has 0 bridgehead atoms. The highest BCUT2D eigenvalue weighted by atomic mass is 19.1. The lowest BCUT2D eigenvalue weighted by molar-refractivity contribution is -0.134. The van der Waals surface area contributed by atoms with Crippen LogP contribution in [-0.4, -0.2) is 70.8 Å². The molecule has 2 saturated heterocycles. The number of pyridine rings is 1. The third kappa shape index (κ3) is 5.35. The van der Waals surface area contributed by atoms with Crippen molar-refractivity contribution in [3.63, 3.8) is 0 Å². The average molecular weight is 432 g/mol. The minimum absolute atomic E-state index is 0.0443.